The van der Waals surface area contributed by atoms with Gasteiger partial charge in [-0.1, -0.05) is 6.42 Å². The highest BCUT2D eigenvalue weighted by Crippen LogP contribution is 2.28. The van der Waals surface area contributed by atoms with Gasteiger partial charge in [-0.3, -0.25) is 9.11 Å². The summed E-state index contributed by atoms with van der Waals surface area (Å²) in [6, 6.07) is 3.87. The number of hydrogen-bond acceptors (Lipinski definition) is 5. The highest BCUT2D eigenvalue weighted by molar-refractivity contribution is 14.1. The normalized spacial score (nSPS) is 12.3. The van der Waals surface area contributed by atoms with Crippen LogP contribution in [0.25, 0.3) is 0 Å². The van der Waals surface area contributed by atoms with Crippen molar-refractivity contribution in [3.8, 4) is 5.75 Å². The Kier molecular flexibility index (Phi) is 9.88. The van der Waals surface area contributed by atoms with Crippen LogP contribution in [0.1, 0.15) is 31.2 Å². The van der Waals surface area contributed by atoms with E-state index >= 15 is 0 Å². The molecule has 1 aromatic rings. The van der Waals surface area contributed by atoms with Gasteiger partial charge in [0.15, 0.2) is 0 Å². The summed E-state index contributed by atoms with van der Waals surface area (Å²) in [5.74, 6) is 0.121. The molecule has 0 aliphatic carbocycles. The first kappa shape index (κ1) is 23.3. The predicted molar refractivity (Wildman–Crippen MR) is 112 cm³/mol. The molecule has 2 N–H and O–H groups in total. The molecular weight excluding hydrogens is 598 g/mol. The van der Waals surface area contributed by atoms with Gasteiger partial charge in [0, 0.05) is 3.57 Å². The van der Waals surface area contributed by atoms with Crippen molar-refractivity contribution in [1.29, 1.82) is 0 Å². The van der Waals surface area contributed by atoms with Gasteiger partial charge in [0.1, 0.15) is 5.75 Å². The third kappa shape index (κ3) is 10.9. The monoisotopic (exact) mass is 618 g/mol. The van der Waals surface area contributed by atoms with Crippen molar-refractivity contribution < 1.29 is 30.7 Å². The number of hydrogen-bond donors (Lipinski definition) is 2. The van der Waals surface area contributed by atoms with Crippen molar-refractivity contribution in [3.05, 3.63) is 24.8 Å². The molecule has 11 heteroatoms. The molecule has 0 aliphatic heterocycles. The van der Waals surface area contributed by atoms with Gasteiger partial charge < -0.3 is 4.74 Å². The van der Waals surface area contributed by atoms with E-state index in [1.165, 1.54) is 0 Å². The van der Waals surface area contributed by atoms with Crippen LogP contribution in [0.2, 0.25) is 0 Å². The molecule has 0 saturated carbocycles. The molecule has 1 rings (SSSR count). The first-order chi connectivity index (χ1) is 11.5. The lowest BCUT2D eigenvalue weighted by molar-refractivity contribution is 0.313. The Morgan fingerprint density at radius 3 is 2.04 bits per heavy atom. The van der Waals surface area contributed by atoms with Crippen LogP contribution in [0.4, 0.5) is 0 Å². The number of ether oxygens (including phenoxy) is 1. The van der Waals surface area contributed by atoms with Crippen molar-refractivity contribution in [2.75, 3.05) is 18.1 Å². The molecule has 0 bridgehead atoms. The van der Waals surface area contributed by atoms with Gasteiger partial charge in [-0.15, -0.1) is 0 Å². The topological polar surface area (TPSA) is 118 Å². The zero-order chi connectivity index (χ0) is 19.1. The fourth-order valence-corrected chi connectivity index (χ4v) is 4.52. The fourth-order valence-electron chi connectivity index (χ4n) is 2.07. The third-order valence-corrected chi connectivity index (χ3v) is 6.71. The van der Waals surface area contributed by atoms with Crippen LogP contribution in [-0.4, -0.2) is 44.1 Å². The third-order valence-electron chi connectivity index (χ3n) is 3.25. The molecule has 25 heavy (non-hydrogen) atoms. The zero-order valence-corrected chi connectivity index (χ0v) is 19.3. The Bertz CT molecular complexity index is 777. The second-order valence-corrected chi connectivity index (χ2v) is 10.9. The maximum absolute atomic E-state index is 10.7. The average molecular weight is 618 g/mol. The first-order valence-electron chi connectivity index (χ1n) is 7.49. The van der Waals surface area contributed by atoms with Crippen molar-refractivity contribution in [2.24, 2.45) is 0 Å². The molecule has 0 atom stereocenters. The van der Waals surface area contributed by atoms with E-state index in [0.29, 0.717) is 18.6 Å². The van der Waals surface area contributed by atoms with E-state index in [9.17, 15) is 16.8 Å². The van der Waals surface area contributed by atoms with Gasteiger partial charge in [0.2, 0.25) is 0 Å². The zero-order valence-electron chi connectivity index (χ0n) is 13.3. The van der Waals surface area contributed by atoms with Crippen LogP contribution in [-0.2, 0) is 26.7 Å². The molecule has 0 aromatic heterocycles. The van der Waals surface area contributed by atoms with E-state index < -0.39 is 20.2 Å². The molecule has 0 unspecified atom stereocenters. The smallest absolute Gasteiger partial charge is 0.264 e. The minimum Gasteiger partial charge on any atom is -0.492 e. The Morgan fingerprint density at radius 2 is 1.44 bits per heavy atom. The summed E-state index contributed by atoms with van der Waals surface area (Å²) in [4.78, 5) is 0. The van der Waals surface area contributed by atoms with Gasteiger partial charge in [-0.2, -0.15) is 16.8 Å². The summed E-state index contributed by atoms with van der Waals surface area (Å²) < 4.78 is 67.5. The minimum atomic E-state index is -3.96. The number of aryl methyl sites for hydroxylation is 1. The molecule has 0 fully saturated rings. The van der Waals surface area contributed by atoms with Crippen molar-refractivity contribution >= 4 is 65.4 Å². The number of benzene rings is 1. The molecule has 0 amide bonds. The Labute approximate surface area is 175 Å². The molecule has 0 saturated heterocycles. The lowest BCUT2D eigenvalue weighted by atomic mass is 10.1. The van der Waals surface area contributed by atoms with Crippen LogP contribution in [0.3, 0.4) is 0 Å². The van der Waals surface area contributed by atoms with Crippen LogP contribution in [0.5, 0.6) is 5.75 Å². The van der Waals surface area contributed by atoms with Crippen molar-refractivity contribution in [1.82, 2.24) is 0 Å². The fraction of sp³-hybridized carbons (Fsp3) is 0.571. The van der Waals surface area contributed by atoms with Gasteiger partial charge in [0.25, 0.3) is 20.2 Å². The second-order valence-electron chi connectivity index (χ2n) is 5.46. The van der Waals surface area contributed by atoms with Crippen LogP contribution in [0.15, 0.2) is 12.1 Å². The van der Waals surface area contributed by atoms with E-state index in [0.717, 1.165) is 25.5 Å². The van der Waals surface area contributed by atoms with Crippen LogP contribution < -0.4 is 4.74 Å². The SMILES string of the molecule is O=S(=O)(O)CCCCCc1cc(I)c(OCCCS(=O)(=O)O)cc1I. The Balaban J connectivity index is 2.49. The molecule has 144 valence electrons. The molecule has 0 radical (unpaired) electrons. The van der Waals surface area contributed by atoms with Gasteiger partial charge in [-0.05, 0) is 88.6 Å². The predicted octanol–water partition coefficient (Wildman–Crippen LogP) is 3.15. The number of halogens is 2. The van der Waals surface area contributed by atoms with E-state index in [-0.39, 0.29) is 24.5 Å². The van der Waals surface area contributed by atoms with Crippen molar-refractivity contribution in [2.45, 2.75) is 32.1 Å². The maximum Gasteiger partial charge on any atom is 0.264 e. The quantitative estimate of drug-likeness (QED) is 0.222. The Hall–Kier alpha value is 0.300. The lowest BCUT2D eigenvalue weighted by Crippen LogP contribution is -2.09. The van der Waals surface area contributed by atoms with Gasteiger partial charge in [0.05, 0.1) is 21.7 Å². The van der Waals surface area contributed by atoms with E-state index in [4.69, 9.17) is 13.8 Å². The van der Waals surface area contributed by atoms with Crippen molar-refractivity contribution in [3.63, 3.8) is 0 Å². The number of rotatable bonds is 11. The van der Waals surface area contributed by atoms with E-state index in [2.05, 4.69) is 45.2 Å². The Morgan fingerprint density at radius 1 is 0.840 bits per heavy atom. The largest absolute Gasteiger partial charge is 0.492 e. The molecule has 0 aliphatic rings. The van der Waals surface area contributed by atoms with Crippen LogP contribution in [0, 0.1) is 7.14 Å². The summed E-state index contributed by atoms with van der Waals surface area (Å²) in [6.45, 7) is 0.195. The highest BCUT2D eigenvalue weighted by atomic mass is 127. The van der Waals surface area contributed by atoms with Gasteiger partial charge in [-0.25, -0.2) is 0 Å². The maximum atomic E-state index is 10.7. The minimum absolute atomic E-state index is 0.195. The van der Waals surface area contributed by atoms with Gasteiger partial charge >= 0.3 is 0 Å². The molecule has 0 spiro atoms. The summed E-state index contributed by atoms with van der Waals surface area (Å²) >= 11 is 4.34. The summed E-state index contributed by atoms with van der Waals surface area (Å²) in [7, 11) is -7.85. The summed E-state index contributed by atoms with van der Waals surface area (Å²) in [6.07, 6.45) is 2.96. The standard InChI is InChI=1S/C14H20I2O7S2/c15-12-10-14(23-6-4-8-25(20,21)22)13(16)9-11(12)5-2-1-3-7-24(17,18)19/h9-10H,1-8H2,(H,17,18,19)(H,20,21,22). The van der Waals surface area contributed by atoms with Crippen LogP contribution >= 0.6 is 45.2 Å². The molecule has 1 aromatic carbocycles. The van der Waals surface area contributed by atoms with E-state index in [1.807, 2.05) is 12.1 Å². The lowest BCUT2D eigenvalue weighted by Gasteiger charge is -2.12. The average Bonchev–Trinajstić information content (AvgIpc) is 2.45. The van der Waals surface area contributed by atoms with E-state index in [1.54, 1.807) is 0 Å². The molecule has 0 heterocycles. The second kappa shape index (κ2) is 10.6. The molecular formula is C14H20I2O7S2. The highest BCUT2D eigenvalue weighted by Gasteiger charge is 2.10. The first-order valence-corrected chi connectivity index (χ1v) is 12.9. The molecule has 7 nitrogen and oxygen atoms in total. The summed E-state index contributed by atoms with van der Waals surface area (Å²) in [5, 5.41) is 0. The number of unbranched alkanes of at least 4 members (excludes halogenated alkanes) is 2. The summed E-state index contributed by atoms with van der Waals surface area (Å²) in [5.41, 5.74) is 1.13.